The molecule has 2 aromatic rings. The van der Waals surface area contributed by atoms with E-state index in [4.69, 9.17) is 0 Å². The number of aromatic amines is 1. The highest BCUT2D eigenvalue weighted by molar-refractivity contribution is 6.05. The Labute approximate surface area is 179 Å². The first-order valence-electron chi connectivity index (χ1n) is 10.7. The lowest BCUT2D eigenvalue weighted by molar-refractivity contribution is -0.136. The van der Waals surface area contributed by atoms with Crippen molar-refractivity contribution in [1.29, 1.82) is 0 Å². The summed E-state index contributed by atoms with van der Waals surface area (Å²) in [7, 11) is 0. The van der Waals surface area contributed by atoms with E-state index in [0.717, 1.165) is 42.9 Å². The minimum Gasteiger partial charge on any atom is -0.349 e. The molecule has 3 aliphatic heterocycles. The van der Waals surface area contributed by atoms with Crippen LogP contribution in [0.25, 0.3) is 0 Å². The van der Waals surface area contributed by atoms with Gasteiger partial charge in [0.25, 0.3) is 5.91 Å². The average Bonchev–Trinajstić information content (AvgIpc) is 3.38. The third kappa shape index (κ3) is 3.90. The Morgan fingerprint density at radius 3 is 2.77 bits per heavy atom. The molecule has 3 aliphatic rings. The molecule has 0 radical (unpaired) electrons. The molecule has 1 unspecified atom stereocenters. The van der Waals surface area contributed by atoms with Gasteiger partial charge in [0.15, 0.2) is 0 Å². The number of aromatic nitrogens is 3. The maximum absolute atomic E-state index is 12.8. The number of benzene rings is 1. The van der Waals surface area contributed by atoms with Crippen LogP contribution in [0.2, 0.25) is 0 Å². The number of H-pyrrole nitrogens is 1. The maximum Gasteiger partial charge on any atom is 0.255 e. The third-order valence-corrected chi connectivity index (χ3v) is 6.27. The number of carbonyl (C=O) groups excluding carboxylic acids is 3. The number of hydrogen-bond donors (Lipinski definition) is 4. The highest BCUT2D eigenvalue weighted by Crippen LogP contribution is 2.28. The van der Waals surface area contributed by atoms with E-state index in [0.29, 0.717) is 36.9 Å². The number of anilines is 1. The Balaban J connectivity index is 1.23. The normalized spacial score (nSPS) is 21.9. The molecule has 1 aromatic heterocycles. The van der Waals surface area contributed by atoms with Gasteiger partial charge < -0.3 is 15.5 Å². The molecule has 0 aliphatic carbocycles. The van der Waals surface area contributed by atoms with Crippen LogP contribution < -0.4 is 16.0 Å². The van der Waals surface area contributed by atoms with Gasteiger partial charge in [-0.3, -0.25) is 24.8 Å². The molecule has 2 fully saturated rings. The first-order chi connectivity index (χ1) is 15.1. The van der Waals surface area contributed by atoms with Crippen molar-refractivity contribution < 1.29 is 14.4 Å². The molecule has 5 rings (SSSR count). The van der Waals surface area contributed by atoms with Crippen molar-refractivity contribution in [1.82, 2.24) is 30.7 Å². The Morgan fingerprint density at radius 1 is 1.13 bits per heavy atom. The minimum absolute atomic E-state index is 0.162. The summed E-state index contributed by atoms with van der Waals surface area (Å²) in [6.45, 7) is 2.90. The van der Waals surface area contributed by atoms with E-state index in [1.165, 1.54) is 0 Å². The molecule has 4 heterocycles. The predicted molar refractivity (Wildman–Crippen MR) is 111 cm³/mol. The Bertz CT molecular complexity index is 1030. The standard InChI is InChI=1S/C21H25N7O3/c29-17-4-3-16(19(30)24-17)28-11-14-9-12(1-2-15(14)20(28)31)10-23-21-25-18(26-27-21)13-5-7-22-8-6-13/h1-2,9,13,16,22H,3-8,10-11H2,(H,24,29,30)(H2,23,25,26,27). The minimum atomic E-state index is -0.596. The SMILES string of the molecule is O=C1CCC(N2Cc3cc(CNc4n[nH]c(C5CCNCC5)n4)ccc3C2=O)C(=O)N1. The molecule has 0 bridgehead atoms. The molecule has 1 aromatic carbocycles. The van der Waals surface area contributed by atoms with Crippen LogP contribution in [0.1, 0.15) is 58.9 Å². The van der Waals surface area contributed by atoms with Gasteiger partial charge in [-0.25, -0.2) is 0 Å². The Hall–Kier alpha value is -3.27. The highest BCUT2D eigenvalue weighted by Gasteiger charge is 2.39. The fourth-order valence-electron chi connectivity index (χ4n) is 4.55. The topological polar surface area (TPSA) is 132 Å². The zero-order valence-corrected chi connectivity index (χ0v) is 17.1. The summed E-state index contributed by atoms with van der Waals surface area (Å²) in [4.78, 5) is 42.5. The third-order valence-electron chi connectivity index (χ3n) is 6.27. The largest absolute Gasteiger partial charge is 0.349 e. The predicted octanol–water partition coefficient (Wildman–Crippen LogP) is 0.645. The van der Waals surface area contributed by atoms with Gasteiger partial charge in [0.1, 0.15) is 11.9 Å². The van der Waals surface area contributed by atoms with E-state index in [2.05, 4.69) is 31.1 Å². The number of piperidine rings is 2. The van der Waals surface area contributed by atoms with Gasteiger partial charge >= 0.3 is 0 Å². The van der Waals surface area contributed by atoms with Crippen LogP contribution in [0, 0.1) is 0 Å². The van der Waals surface area contributed by atoms with Gasteiger partial charge in [0, 0.05) is 31.0 Å². The van der Waals surface area contributed by atoms with Crippen molar-refractivity contribution in [2.75, 3.05) is 18.4 Å². The smallest absolute Gasteiger partial charge is 0.255 e. The van der Waals surface area contributed by atoms with Gasteiger partial charge in [-0.2, -0.15) is 4.98 Å². The summed E-state index contributed by atoms with van der Waals surface area (Å²) in [5.74, 6) is 1.05. The quantitative estimate of drug-likeness (QED) is 0.519. The molecular weight excluding hydrogens is 398 g/mol. The second-order valence-corrected chi connectivity index (χ2v) is 8.31. The van der Waals surface area contributed by atoms with E-state index in [1.807, 2.05) is 12.1 Å². The van der Waals surface area contributed by atoms with Crippen LogP contribution in [0.4, 0.5) is 5.95 Å². The van der Waals surface area contributed by atoms with Crippen LogP contribution in [0.15, 0.2) is 18.2 Å². The summed E-state index contributed by atoms with van der Waals surface area (Å²) in [5.41, 5.74) is 2.50. The van der Waals surface area contributed by atoms with Crippen LogP contribution in [0.3, 0.4) is 0 Å². The van der Waals surface area contributed by atoms with E-state index in [1.54, 1.807) is 11.0 Å². The fraction of sp³-hybridized carbons (Fsp3) is 0.476. The number of nitrogens with zero attached hydrogens (tertiary/aromatic N) is 3. The number of amides is 3. The van der Waals surface area contributed by atoms with Gasteiger partial charge in [0.05, 0.1) is 0 Å². The van der Waals surface area contributed by atoms with Gasteiger partial charge in [0.2, 0.25) is 17.8 Å². The van der Waals surface area contributed by atoms with Crippen molar-refractivity contribution in [2.45, 2.75) is 50.7 Å². The lowest BCUT2D eigenvalue weighted by atomic mass is 9.98. The summed E-state index contributed by atoms with van der Waals surface area (Å²) in [6.07, 6.45) is 2.72. The number of imide groups is 1. The fourth-order valence-corrected chi connectivity index (χ4v) is 4.55. The lowest BCUT2D eigenvalue weighted by Crippen LogP contribution is -2.52. The van der Waals surface area contributed by atoms with Crippen molar-refractivity contribution >= 4 is 23.7 Å². The van der Waals surface area contributed by atoms with Crippen molar-refractivity contribution in [2.24, 2.45) is 0 Å². The highest BCUT2D eigenvalue weighted by atomic mass is 16.2. The van der Waals surface area contributed by atoms with E-state index in [-0.39, 0.29) is 18.2 Å². The number of carbonyl (C=O) groups is 3. The summed E-state index contributed by atoms with van der Waals surface area (Å²) >= 11 is 0. The molecule has 0 spiro atoms. The van der Waals surface area contributed by atoms with Crippen molar-refractivity contribution in [3.63, 3.8) is 0 Å². The van der Waals surface area contributed by atoms with Crippen LogP contribution in [0.5, 0.6) is 0 Å². The van der Waals surface area contributed by atoms with E-state index < -0.39 is 11.9 Å². The molecule has 0 saturated carbocycles. The first-order valence-corrected chi connectivity index (χ1v) is 10.7. The van der Waals surface area contributed by atoms with E-state index >= 15 is 0 Å². The van der Waals surface area contributed by atoms with Crippen LogP contribution >= 0.6 is 0 Å². The molecule has 4 N–H and O–H groups in total. The molecule has 162 valence electrons. The Kier molecular flexibility index (Phi) is 5.14. The number of fused-ring (bicyclic) bond motifs is 1. The monoisotopic (exact) mass is 423 g/mol. The number of hydrogen-bond acceptors (Lipinski definition) is 7. The molecule has 3 amide bonds. The van der Waals surface area contributed by atoms with Gasteiger partial charge in [-0.15, -0.1) is 5.10 Å². The number of rotatable bonds is 5. The molecule has 10 nitrogen and oxygen atoms in total. The van der Waals surface area contributed by atoms with Gasteiger partial charge in [-0.05, 0) is 49.5 Å². The van der Waals surface area contributed by atoms with E-state index in [9.17, 15) is 14.4 Å². The Morgan fingerprint density at radius 2 is 1.97 bits per heavy atom. The van der Waals surface area contributed by atoms with Crippen LogP contribution in [-0.2, 0) is 22.7 Å². The molecular formula is C21H25N7O3. The van der Waals surface area contributed by atoms with Gasteiger partial charge in [-0.1, -0.05) is 12.1 Å². The summed E-state index contributed by atoms with van der Waals surface area (Å²) in [5, 5.41) is 16.2. The summed E-state index contributed by atoms with van der Waals surface area (Å²) < 4.78 is 0. The van der Waals surface area contributed by atoms with Crippen LogP contribution in [-0.4, -0.2) is 56.9 Å². The van der Waals surface area contributed by atoms with Crippen molar-refractivity contribution in [3.05, 3.63) is 40.7 Å². The maximum atomic E-state index is 12.8. The summed E-state index contributed by atoms with van der Waals surface area (Å²) in [6, 6.07) is 5.09. The second kappa shape index (κ2) is 8.10. The molecule has 1 atom stereocenters. The number of nitrogens with one attached hydrogen (secondary N) is 4. The molecule has 31 heavy (non-hydrogen) atoms. The van der Waals surface area contributed by atoms with Crippen molar-refractivity contribution in [3.8, 4) is 0 Å². The molecule has 2 saturated heterocycles. The zero-order chi connectivity index (χ0) is 21.4. The zero-order valence-electron chi connectivity index (χ0n) is 17.1. The first kappa shape index (κ1) is 19.7. The molecule has 10 heteroatoms. The lowest BCUT2D eigenvalue weighted by Gasteiger charge is -2.29. The second-order valence-electron chi connectivity index (χ2n) is 8.31. The average molecular weight is 423 g/mol.